The molecule has 1 aromatic carbocycles. The molecule has 0 unspecified atom stereocenters. The minimum atomic E-state index is -3.35. The maximum atomic E-state index is 10.6. The van der Waals surface area contributed by atoms with Crippen molar-refractivity contribution in [2.75, 3.05) is 17.2 Å². The standard InChI is InChI=1S/C8H12N2O2S2/c9-7-1-3-8(4-2-7)13-5-6-14(10,11)12/h1-4H,5-6,9H2,(H2,10,11,12). The molecule has 0 aromatic heterocycles. The summed E-state index contributed by atoms with van der Waals surface area (Å²) in [5, 5.41) is 4.86. The summed E-state index contributed by atoms with van der Waals surface area (Å²) in [6, 6.07) is 7.25. The van der Waals surface area contributed by atoms with Crippen LogP contribution >= 0.6 is 11.8 Å². The number of hydrogen-bond donors (Lipinski definition) is 2. The summed E-state index contributed by atoms with van der Waals surface area (Å²) < 4.78 is 21.2. The van der Waals surface area contributed by atoms with Crippen molar-refractivity contribution in [2.24, 2.45) is 5.14 Å². The average molecular weight is 232 g/mol. The minimum Gasteiger partial charge on any atom is -0.399 e. The zero-order valence-corrected chi connectivity index (χ0v) is 9.14. The van der Waals surface area contributed by atoms with Gasteiger partial charge in [0.2, 0.25) is 10.0 Å². The molecule has 1 aromatic rings. The van der Waals surface area contributed by atoms with Crippen LogP contribution in [-0.2, 0) is 10.0 Å². The van der Waals surface area contributed by atoms with E-state index in [9.17, 15) is 8.42 Å². The molecule has 0 aliphatic heterocycles. The van der Waals surface area contributed by atoms with Crippen LogP contribution in [0.2, 0.25) is 0 Å². The van der Waals surface area contributed by atoms with Crippen LogP contribution in [0.3, 0.4) is 0 Å². The van der Waals surface area contributed by atoms with E-state index in [1.807, 2.05) is 12.1 Å². The highest BCUT2D eigenvalue weighted by atomic mass is 32.2. The van der Waals surface area contributed by atoms with Crippen molar-refractivity contribution in [3.05, 3.63) is 24.3 Å². The molecule has 0 spiro atoms. The van der Waals surface area contributed by atoms with E-state index in [1.54, 1.807) is 12.1 Å². The summed E-state index contributed by atoms with van der Waals surface area (Å²) in [6.07, 6.45) is 0. The molecule has 0 fully saturated rings. The Kier molecular flexibility index (Phi) is 3.79. The third-order valence-electron chi connectivity index (χ3n) is 1.52. The van der Waals surface area contributed by atoms with Gasteiger partial charge in [-0.3, -0.25) is 0 Å². The van der Waals surface area contributed by atoms with Gasteiger partial charge in [0.15, 0.2) is 0 Å². The fourth-order valence-corrected chi connectivity index (χ4v) is 2.67. The third kappa shape index (κ3) is 4.50. The van der Waals surface area contributed by atoms with Gasteiger partial charge in [0.05, 0.1) is 5.75 Å². The van der Waals surface area contributed by atoms with Crippen LogP contribution < -0.4 is 10.9 Å². The largest absolute Gasteiger partial charge is 0.399 e. The van der Waals surface area contributed by atoms with Crippen LogP contribution in [0.15, 0.2) is 29.2 Å². The molecule has 0 amide bonds. The van der Waals surface area contributed by atoms with Gasteiger partial charge in [-0.05, 0) is 24.3 Å². The van der Waals surface area contributed by atoms with E-state index < -0.39 is 10.0 Å². The number of anilines is 1. The monoisotopic (exact) mass is 232 g/mol. The number of hydrogen-bond acceptors (Lipinski definition) is 4. The van der Waals surface area contributed by atoms with Crippen molar-refractivity contribution >= 4 is 27.5 Å². The van der Waals surface area contributed by atoms with Gasteiger partial charge in [-0.25, -0.2) is 13.6 Å². The highest BCUT2D eigenvalue weighted by Gasteiger charge is 2.02. The lowest BCUT2D eigenvalue weighted by atomic mass is 10.3. The summed E-state index contributed by atoms with van der Waals surface area (Å²) in [7, 11) is -3.35. The van der Waals surface area contributed by atoms with Gasteiger partial charge in [-0.2, -0.15) is 0 Å². The molecule has 78 valence electrons. The Morgan fingerprint density at radius 3 is 2.29 bits per heavy atom. The molecule has 4 N–H and O–H groups in total. The second-order valence-corrected chi connectivity index (χ2v) is 5.69. The van der Waals surface area contributed by atoms with Crippen molar-refractivity contribution < 1.29 is 8.42 Å². The van der Waals surface area contributed by atoms with E-state index >= 15 is 0 Å². The van der Waals surface area contributed by atoms with Crippen LogP contribution in [-0.4, -0.2) is 19.9 Å². The molecular weight excluding hydrogens is 220 g/mol. The summed E-state index contributed by atoms with van der Waals surface area (Å²) in [6.45, 7) is 0. The first kappa shape index (κ1) is 11.4. The van der Waals surface area contributed by atoms with E-state index in [0.29, 0.717) is 11.4 Å². The van der Waals surface area contributed by atoms with E-state index in [4.69, 9.17) is 10.9 Å². The molecule has 0 atom stereocenters. The van der Waals surface area contributed by atoms with Crippen LogP contribution in [0, 0.1) is 0 Å². The first-order valence-electron chi connectivity index (χ1n) is 3.96. The Balaban J connectivity index is 2.43. The van der Waals surface area contributed by atoms with E-state index in [2.05, 4.69) is 0 Å². The minimum absolute atomic E-state index is 0.0119. The van der Waals surface area contributed by atoms with E-state index in [-0.39, 0.29) is 5.75 Å². The highest BCUT2D eigenvalue weighted by Crippen LogP contribution is 2.18. The summed E-state index contributed by atoms with van der Waals surface area (Å²) in [5.74, 6) is 0.449. The number of nitrogens with two attached hydrogens (primary N) is 2. The molecule has 14 heavy (non-hydrogen) atoms. The zero-order chi connectivity index (χ0) is 10.6. The molecule has 0 saturated carbocycles. The Morgan fingerprint density at radius 1 is 1.21 bits per heavy atom. The number of nitrogen functional groups attached to an aromatic ring is 1. The maximum absolute atomic E-state index is 10.6. The van der Waals surface area contributed by atoms with Crippen molar-refractivity contribution in [2.45, 2.75) is 4.90 Å². The molecule has 0 aliphatic rings. The molecule has 6 heteroatoms. The van der Waals surface area contributed by atoms with Gasteiger partial charge in [0, 0.05) is 16.3 Å². The van der Waals surface area contributed by atoms with Crippen LogP contribution in [0.25, 0.3) is 0 Å². The van der Waals surface area contributed by atoms with E-state index in [0.717, 1.165) is 4.90 Å². The predicted octanol–water partition coefficient (Wildman–Crippen LogP) is 0.649. The van der Waals surface area contributed by atoms with Crippen LogP contribution in [0.4, 0.5) is 5.69 Å². The highest BCUT2D eigenvalue weighted by molar-refractivity contribution is 8.00. The lowest BCUT2D eigenvalue weighted by Gasteiger charge is -2.00. The average Bonchev–Trinajstić information content (AvgIpc) is 2.06. The summed E-state index contributed by atoms with van der Waals surface area (Å²) in [4.78, 5) is 0.989. The molecule has 0 saturated heterocycles. The summed E-state index contributed by atoms with van der Waals surface area (Å²) in [5.41, 5.74) is 6.19. The lowest BCUT2D eigenvalue weighted by Crippen LogP contribution is -2.17. The quantitative estimate of drug-likeness (QED) is 0.589. The number of benzene rings is 1. The van der Waals surface area contributed by atoms with E-state index in [1.165, 1.54) is 11.8 Å². The van der Waals surface area contributed by atoms with Gasteiger partial charge >= 0.3 is 0 Å². The van der Waals surface area contributed by atoms with Crippen LogP contribution in [0.1, 0.15) is 0 Å². The first-order chi connectivity index (χ1) is 6.47. The van der Waals surface area contributed by atoms with Crippen LogP contribution in [0.5, 0.6) is 0 Å². The maximum Gasteiger partial charge on any atom is 0.209 e. The molecule has 1 rings (SSSR count). The van der Waals surface area contributed by atoms with Crippen molar-refractivity contribution in [3.8, 4) is 0 Å². The fourth-order valence-electron chi connectivity index (χ4n) is 0.840. The van der Waals surface area contributed by atoms with Gasteiger partial charge in [-0.1, -0.05) is 0 Å². The smallest absolute Gasteiger partial charge is 0.209 e. The Labute approximate surface area is 87.7 Å². The Hall–Kier alpha value is -0.720. The first-order valence-corrected chi connectivity index (χ1v) is 6.66. The SMILES string of the molecule is Nc1ccc(SCCS(N)(=O)=O)cc1. The fraction of sp³-hybridized carbons (Fsp3) is 0.250. The van der Waals surface area contributed by atoms with Gasteiger partial charge < -0.3 is 5.73 Å². The van der Waals surface area contributed by atoms with Crippen molar-refractivity contribution in [1.29, 1.82) is 0 Å². The molecule has 0 aliphatic carbocycles. The van der Waals surface area contributed by atoms with Crippen molar-refractivity contribution in [3.63, 3.8) is 0 Å². The molecule has 0 bridgehead atoms. The van der Waals surface area contributed by atoms with Crippen molar-refractivity contribution in [1.82, 2.24) is 0 Å². The topological polar surface area (TPSA) is 86.2 Å². The number of primary sulfonamides is 1. The van der Waals surface area contributed by atoms with Gasteiger partial charge in [-0.15, -0.1) is 11.8 Å². The molecule has 0 radical (unpaired) electrons. The lowest BCUT2D eigenvalue weighted by molar-refractivity contribution is 0.599. The Bertz CT molecular complexity index is 386. The second-order valence-electron chi connectivity index (χ2n) is 2.78. The zero-order valence-electron chi connectivity index (χ0n) is 7.51. The number of thioether (sulfide) groups is 1. The number of sulfonamides is 1. The molecule has 4 nitrogen and oxygen atoms in total. The van der Waals surface area contributed by atoms with Gasteiger partial charge in [0.1, 0.15) is 0 Å². The van der Waals surface area contributed by atoms with Gasteiger partial charge in [0.25, 0.3) is 0 Å². The molecule has 0 heterocycles. The Morgan fingerprint density at radius 2 is 1.79 bits per heavy atom. The molecular formula is C8H12N2O2S2. The normalized spacial score (nSPS) is 11.5. The third-order valence-corrected chi connectivity index (χ3v) is 3.56. The predicted molar refractivity (Wildman–Crippen MR) is 59.6 cm³/mol. The second kappa shape index (κ2) is 4.68. The summed E-state index contributed by atoms with van der Waals surface area (Å²) >= 11 is 1.44. The number of rotatable bonds is 4.